The summed E-state index contributed by atoms with van der Waals surface area (Å²) in [5.74, 6) is -1.10. The van der Waals surface area contributed by atoms with E-state index in [1.165, 1.54) is 33.2 Å². The zero-order chi connectivity index (χ0) is 13.0. The molecule has 1 rings (SSSR count). The molecular formula is C10H13N3O4. The zero-order valence-corrected chi connectivity index (χ0v) is 9.76. The molecule has 0 aliphatic rings. The maximum atomic E-state index is 11.6. The molecule has 17 heavy (non-hydrogen) atoms. The van der Waals surface area contributed by atoms with Gasteiger partial charge in [-0.3, -0.25) is 9.59 Å². The Morgan fingerprint density at radius 1 is 1.47 bits per heavy atom. The second-order valence-corrected chi connectivity index (χ2v) is 3.40. The lowest BCUT2D eigenvalue weighted by Gasteiger charge is -2.11. The Hall–Kier alpha value is -2.18. The molecule has 7 nitrogen and oxygen atoms in total. The number of aryl methyl sites for hydroxylation is 1. The van der Waals surface area contributed by atoms with Gasteiger partial charge in [0.25, 0.3) is 11.5 Å². The number of nitrogens with zero attached hydrogens (tertiary/aromatic N) is 2. The van der Waals surface area contributed by atoms with Gasteiger partial charge in [-0.2, -0.15) is 5.10 Å². The Morgan fingerprint density at radius 3 is 2.65 bits per heavy atom. The Kier molecular flexibility index (Phi) is 3.97. The van der Waals surface area contributed by atoms with E-state index in [2.05, 4.69) is 15.2 Å². The van der Waals surface area contributed by atoms with Gasteiger partial charge >= 0.3 is 5.97 Å². The molecule has 1 heterocycles. The molecule has 0 radical (unpaired) electrons. The van der Waals surface area contributed by atoms with Crippen LogP contribution in [0.3, 0.4) is 0 Å². The Morgan fingerprint density at radius 2 is 2.12 bits per heavy atom. The third-order valence-electron chi connectivity index (χ3n) is 2.10. The predicted molar refractivity (Wildman–Crippen MR) is 58.4 cm³/mol. The first-order valence-corrected chi connectivity index (χ1v) is 4.88. The van der Waals surface area contributed by atoms with E-state index in [9.17, 15) is 14.4 Å². The molecule has 0 aliphatic heterocycles. The minimum absolute atomic E-state index is 0.0582. The summed E-state index contributed by atoms with van der Waals surface area (Å²) >= 11 is 0. The minimum Gasteiger partial charge on any atom is -0.467 e. The van der Waals surface area contributed by atoms with Gasteiger partial charge in [-0.05, 0) is 13.0 Å². The molecule has 0 bridgehead atoms. The SMILES string of the molecule is COC(=O)C(C)NC(=O)c1ccc(=O)n(C)n1. The molecule has 0 aromatic carbocycles. The van der Waals surface area contributed by atoms with Gasteiger partial charge in [0.2, 0.25) is 0 Å². The van der Waals surface area contributed by atoms with Crippen molar-refractivity contribution in [3.8, 4) is 0 Å². The van der Waals surface area contributed by atoms with Crippen LogP contribution in [0, 0.1) is 0 Å². The van der Waals surface area contributed by atoms with E-state index in [0.29, 0.717) is 0 Å². The molecule has 1 atom stereocenters. The minimum atomic E-state index is -0.772. The molecule has 0 fully saturated rings. The number of esters is 1. The number of rotatable bonds is 3. The lowest BCUT2D eigenvalue weighted by atomic mass is 10.3. The van der Waals surface area contributed by atoms with Crippen molar-refractivity contribution in [3.05, 3.63) is 28.2 Å². The largest absolute Gasteiger partial charge is 0.467 e. The van der Waals surface area contributed by atoms with Crippen LogP contribution >= 0.6 is 0 Å². The van der Waals surface area contributed by atoms with E-state index < -0.39 is 17.9 Å². The fourth-order valence-electron chi connectivity index (χ4n) is 1.13. The van der Waals surface area contributed by atoms with Crippen molar-refractivity contribution >= 4 is 11.9 Å². The van der Waals surface area contributed by atoms with Gasteiger partial charge in [-0.25, -0.2) is 9.48 Å². The number of hydrogen-bond donors (Lipinski definition) is 1. The summed E-state index contributed by atoms with van der Waals surface area (Å²) < 4.78 is 5.50. The Bertz CT molecular complexity index is 495. The average Bonchev–Trinajstić information content (AvgIpc) is 2.31. The monoisotopic (exact) mass is 239 g/mol. The van der Waals surface area contributed by atoms with Crippen molar-refractivity contribution in [2.45, 2.75) is 13.0 Å². The number of amides is 1. The van der Waals surface area contributed by atoms with Crippen LogP contribution < -0.4 is 10.9 Å². The number of methoxy groups -OCH3 is 1. The number of ether oxygens (including phenoxy) is 1. The van der Waals surface area contributed by atoms with Crippen molar-refractivity contribution in [2.24, 2.45) is 7.05 Å². The van der Waals surface area contributed by atoms with Crippen molar-refractivity contribution in [3.63, 3.8) is 0 Å². The molecule has 1 aromatic rings. The molecule has 0 aliphatic carbocycles. The highest BCUT2D eigenvalue weighted by Crippen LogP contribution is 1.93. The van der Waals surface area contributed by atoms with Crippen molar-refractivity contribution < 1.29 is 14.3 Å². The molecule has 92 valence electrons. The summed E-state index contributed by atoms with van der Waals surface area (Å²) in [6.45, 7) is 1.49. The second kappa shape index (κ2) is 5.24. The first-order valence-electron chi connectivity index (χ1n) is 4.88. The van der Waals surface area contributed by atoms with Gasteiger partial charge in [0.05, 0.1) is 7.11 Å². The third-order valence-corrected chi connectivity index (χ3v) is 2.10. The van der Waals surface area contributed by atoms with Crippen LogP contribution in [0.15, 0.2) is 16.9 Å². The quantitative estimate of drug-likeness (QED) is 0.688. The van der Waals surface area contributed by atoms with Crippen LogP contribution in [0.5, 0.6) is 0 Å². The first kappa shape index (κ1) is 12.9. The lowest BCUT2D eigenvalue weighted by Crippen LogP contribution is -2.40. The van der Waals surface area contributed by atoms with Crippen molar-refractivity contribution in [1.82, 2.24) is 15.1 Å². The number of carbonyl (C=O) groups is 2. The van der Waals surface area contributed by atoms with Gasteiger partial charge in [-0.1, -0.05) is 0 Å². The molecule has 1 aromatic heterocycles. The molecule has 1 amide bonds. The van der Waals surface area contributed by atoms with Gasteiger partial charge in [-0.15, -0.1) is 0 Å². The van der Waals surface area contributed by atoms with E-state index in [0.717, 1.165) is 4.68 Å². The van der Waals surface area contributed by atoms with E-state index in [4.69, 9.17) is 0 Å². The molecule has 0 saturated heterocycles. The summed E-state index contributed by atoms with van der Waals surface area (Å²) in [6, 6.07) is 1.75. The van der Waals surface area contributed by atoms with Crippen molar-refractivity contribution in [2.75, 3.05) is 7.11 Å². The van der Waals surface area contributed by atoms with E-state index in [1.54, 1.807) is 0 Å². The molecule has 1 unspecified atom stereocenters. The fourth-order valence-corrected chi connectivity index (χ4v) is 1.13. The average molecular weight is 239 g/mol. The predicted octanol–water partition coefficient (Wildman–Crippen LogP) is -0.928. The van der Waals surface area contributed by atoms with Gasteiger partial charge in [0.15, 0.2) is 0 Å². The fraction of sp³-hybridized carbons (Fsp3) is 0.400. The summed E-state index contributed by atoms with van der Waals surface area (Å²) in [6.07, 6.45) is 0. The van der Waals surface area contributed by atoms with Crippen LogP contribution in [0.2, 0.25) is 0 Å². The second-order valence-electron chi connectivity index (χ2n) is 3.40. The number of hydrogen-bond acceptors (Lipinski definition) is 5. The van der Waals surface area contributed by atoms with Crippen LogP contribution in [0.4, 0.5) is 0 Å². The maximum Gasteiger partial charge on any atom is 0.328 e. The first-order chi connectivity index (χ1) is 7.95. The highest BCUT2D eigenvalue weighted by Gasteiger charge is 2.17. The molecule has 0 saturated carbocycles. The van der Waals surface area contributed by atoms with Crippen LogP contribution in [0.25, 0.3) is 0 Å². The topological polar surface area (TPSA) is 90.3 Å². The van der Waals surface area contributed by atoms with Gasteiger partial charge < -0.3 is 10.1 Å². The smallest absolute Gasteiger partial charge is 0.328 e. The van der Waals surface area contributed by atoms with E-state index >= 15 is 0 Å². The highest BCUT2D eigenvalue weighted by molar-refractivity contribution is 5.94. The van der Waals surface area contributed by atoms with Crippen molar-refractivity contribution in [1.29, 1.82) is 0 Å². The summed E-state index contributed by atoms with van der Waals surface area (Å²) in [4.78, 5) is 33.8. The van der Waals surface area contributed by atoms with E-state index in [1.807, 2.05) is 0 Å². The molecular weight excluding hydrogens is 226 g/mol. The number of aromatic nitrogens is 2. The highest BCUT2D eigenvalue weighted by atomic mass is 16.5. The Labute approximate surface area is 97.4 Å². The zero-order valence-electron chi connectivity index (χ0n) is 9.76. The van der Waals surface area contributed by atoms with Gasteiger partial charge in [0, 0.05) is 13.1 Å². The molecule has 0 spiro atoms. The number of carbonyl (C=O) groups excluding carboxylic acids is 2. The summed E-state index contributed by atoms with van der Waals surface area (Å²) in [7, 11) is 2.66. The standard InChI is InChI=1S/C10H13N3O4/c1-6(10(16)17-3)11-9(15)7-4-5-8(14)13(2)12-7/h4-6H,1-3H3,(H,11,15). The third kappa shape index (κ3) is 3.13. The molecule has 7 heteroatoms. The normalized spacial score (nSPS) is 11.7. The molecule has 1 N–H and O–H groups in total. The maximum absolute atomic E-state index is 11.6. The van der Waals surface area contributed by atoms with E-state index in [-0.39, 0.29) is 11.3 Å². The Balaban J connectivity index is 2.80. The summed E-state index contributed by atoms with van der Waals surface area (Å²) in [5, 5.41) is 6.15. The van der Waals surface area contributed by atoms with Crippen LogP contribution in [-0.2, 0) is 16.6 Å². The number of nitrogens with one attached hydrogen (secondary N) is 1. The van der Waals surface area contributed by atoms with Crippen LogP contribution in [0.1, 0.15) is 17.4 Å². The van der Waals surface area contributed by atoms with Crippen LogP contribution in [-0.4, -0.2) is 34.8 Å². The summed E-state index contributed by atoms with van der Waals surface area (Å²) in [5.41, 5.74) is -0.259. The lowest BCUT2D eigenvalue weighted by molar-refractivity contribution is -0.142. The van der Waals surface area contributed by atoms with Gasteiger partial charge in [0.1, 0.15) is 11.7 Å².